The van der Waals surface area contributed by atoms with Gasteiger partial charge >= 0.3 is 0 Å². The third-order valence-corrected chi connectivity index (χ3v) is 2.77. The molecule has 16 heavy (non-hydrogen) atoms. The van der Waals surface area contributed by atoms with E-state index in [9.17, 15) is 8.42 Å². The minimum Gasteiger partial charge on any atom is -0.257 e. The molecule has 3 N–H and O–H groups in total. The number of benzene rings is 1. The molecule has 0 radical (unpaired) electrons. The van der Waals surface area contributed by atoms with E-state index in [4.69, 9.17) is 11.1 Å². The molecule has 1 rings (SSSR count). The minimum atomic E-state index is -3.47. The van der Waals surface area contributed by atoms with E-state index in [1.807, 2.05) is 13.0 Å². The Kier molecular flexibility index (Phi) is 7.12. The van der Waals surface area contributed by atoms with Gasteiger partial charge in [0.1, 0.15) is 0 Å². The van der Waals surface area contributed by atoms with Gasteiger partial charge in [0.05, 0.1) is 11.0 Å². The van der Waals surface area contributed by atoms with Crippen molar-refractivity contribution in [1.82, 2.24) is 4.83 Å². The summed E-state index contributed by atoms with van der Waals surface area (Å²) < 4.78 is 21.9. The monoisotopic (exact) mass is 241 g/mol. The second-order valence-corrected chi connectivity index (χ2v) is 4.56. The first kappa shape index (κ1) is 14.6. The highest BCUT2D eigenvalue weighted by Gasteiger charge is 2.08. The summed E-state index contributed by atoms with van der Waals surface area (Å²) in [5.41, 5.74) is 0. The van der Waals surface area contributed by atoms with Gasteiger partial charge in [-0.05, 0) is 18.6 Å². The summed E-state index contributed by atoms with van der Waals surface area (Å²) in [4.78, 5) is 1.90. The van der Waals surface area contributed by atoms with Crippen LogP contribution in [0, 0.1) is 11.3 Å². The van der Waals surface area contributed by atoms with E-state index in [0.29, 0.717) is 6.42 Å². The van der Waals surface area contributed by atoms with E-state index in [1.165, 1.54) is 12.1 Å². The maximum atomic E-state index is 11.0. The van der Waals surface area contributed by atoms with Crippen LogP contribution in [0.4, 0.5) is 0 Å². The van der Waals surface area contributed by atoms with Gasteiger partial charge in [-0.1, -0.05) is 25.1 Å². The van der Waals surface area contributed by atoms with Crippen LogP contribution < -0.4 is 10.7 Å². The summed E-state index contributed by atoms with van der Waals surface area (Å²) in [5.74, 6) is 4.80. The maximum absolute atomic E-state index is 11.0. The summed E-state index contributed by atoms with van der Waals surface area (Å²) in [6, 6.07) is 9.94. The molecule has 88 valence electrons. The number of rotatable bonds is 3. The zero-order chi connectivity index (χ0) is 12.4. The standard InChI is InChI=1S/C6H8N2O2S.C4H7N/c7-8-11(9,10)6-4-2-1-3-5-6;1-2-3-4-5/h1-5,8H,7H2;2-3H2,1H3. The third-order valence-electron chi connectivity index (χ3n) is 1.57. The van der Waals surface area contributed by atoms with Crippen molar-refractivity contribution in [3.05, 3.63) is 30.3 Å². The van der Waals surface area contributed by atoms with Gasteiger partial charge in [-0.2, -0.15) is 10.1 Å². The van der Waals surface area contributed by atoms with Gasteiger partial charge in [0.2, 0.25) is 0 Å². The highest BCUT2D eigenvalue weighted by Crippen LogP contribution is 2.04. The molecule has 5 nitrogen and oxygen atoms in total. The Morgan fingerprint density at radius 1 is 1.38 bits per heavy atom. The lowest BCUT2D eigenvalue weighted by atomic mass is 10.4. The number of nitrogens with one attached hydrogen (secondary N) is 1. The number of nitrogens with two attached hydrogens (primary N) is 1. The van der Waals surface area contributed by atoms with Gasteiger partial charge in [-0.3, -0.25) is 5.84 Å². The molecule has 0 saturated heterocycles. The lowest BCUT2D eigenvalue weighted by Gasteiger charge is -1.99. The summed E-state index contributed by atoms with van der Waals surface area (Å²) in [6.45, 7) is 1.99. The van der Waals surface area contributed by atoms with Crippen LogP contribution in [-0.2, 0) is 10.0 Å². The fourth-order valence-corrected chi connectivity index (χ4v) is 1.43. The molecule has 0 amide bonds. The Hall–Kier alpha value is -1.42. The first-order valence-electron chi connectivity index (χ1n) is 4.73. The van der Waals surface area contributed by atoms with Crippen molar-refractivity contribution in [2.75, 3.05) is 0 Å². The second-order valence-electron chi connectivity index (χ2n) is 2.84. The molecule has 0 aliphatic rings. The van der Waals surface area contributed by atoms with Crippen LogP contribution in [0.25, 0.3) is 0 Å². The zero-order valence-electron chi connectivity index (χ0n) is 9.05. The molecule has 0 fully saturated rings. The number of nitrogens with zero attached hydrogens (tertiary/aromatic N) is 1. The Balaban J connectivity index is 0.000000385. The fourth-order valence-electron chi connectivity index (χ4n) is 0.779. The quantitative estimate of drug-likeness (QED) is 0.612. The molecule has 0 aliphatic carbocycles. The van der Waals surface area contributed by atoms with Crippen LogP contribution in [0.2, 0.25) is 0 Å². The molecule has 0 aliphatic heterocycles. The van der Waals surface area contributed by atoms with Crippen LogP contribution in [0.5, 0.6) is 0 Å². The number of hydrazine groups is 1. The predicted octanol–water partition coefficient (Wildman–Crippen LogP) is 1.15. The molecule has 0 spiro atoms. The van der Waals surface area contributed by atoms with Crippen LogP contribution in [0.3, 0.4) is 0 Å². The van der Waals surface area contributed by atoms with Crippen molar-refractivity contribution < 1.29 is 8.42 Å². The molecule has 0 unspecified atom stereocenters. The smallest absolute Gasteiger partial charge is 0.253 e. The number of unbranched alkanes of at least 4 members (excludes halogenated alkanes) is 1. The van der Waals surface area contributed by atoms with Gasteiger partial charge < -0.3 is 0 Å². The van der Waals surface area contributed by atoms with Crippen molar-refractivity contribution in [3.63, 3.8) is 0 Å². The van der Waals surface area contributed by atoms with E-state index >= 15 is 0 Å². The second kappa shape index (κ2) is 7.82. The average molecular weight is 241 g/mol. The van der Waals surface area contributed by atoms with Gasteiger partial charge in [0, 0.05) is 6.42 Å². The Bertz CT molecular complexity index is 423. The first-order valence-corrected chi connectivity index (χ1v) is 6.21. The van der Waals surface area contributed by atoms with Crippen LogP contribution in [0.15, 0.2) is 35.2 Å². The summed E-state index contributed by atoms with van der Waals surface area (Å²) in [7, 11) is -3.47. The van der Waals surface area contributed by atoms with Crippen molar-refractivity contribution in [3.8, 4) is 6.07 Å². The van der Waals surface area contributed by atoms with E-state index < -0.39 is 10.0 Å². The largest absolute Gasteiger partial charge is 0.257 e. The lowest BCUT2D eigenvalue weighted by Crippen LogP contribution is -2.30. The van der Waals surface area contributed by atoms with Crippen molar-refractivity contribution in [1.29, 1.82) is 5.26 Å². The maximum Gasteiger partial charge on any atom is 0.253 e. The van der Waals surface area contributed by atoms with Crippen LogP contribution in [0.1, 0.15) is 19.8 Å². The SMILES string of the molecule is CCCC#N.NNS(=O)(=O)c1ccccc1. The molecule has 0 heterocycles. The summed E-state index contributed by atoms with van der Waals surface area (Å²) >= 11 is 0. The Morgan fingerprint density at radius 2 is 1.94 bits per heavy atom. The third kappa shape index (κ3) is 5.46. The van der Waals surface area contributed by atoms with E-state index in [1.54, 1.807) is 23.0 Å². The van der Waals surface area contributed by atoms with Gasteiger partial charge in [-0.15, -0.1) is 0 Å². The molecule has 0 aromatic heterocycles. The molecule has 6 heteroatoms. The predicted molar refractivity (Wildman–Crippen MR) is 61.5 cm³/mol. The number of hydrogen-bond acceptors (Lipinski definition) is 4. The fraction of sp³-hybridized carbons (Fsp3) is 0.300. The lowest BCUT2D eigenvalue weighted by molar-refractivity contribution is 0.584. The zero-order valence-corrected chi connectivity index (χ0v) is 9.87. The van der Waals surface area contributed by atoms with Crippen molar-refractivity contribution in [2.45, 2.75) is 24.7 Å². The van der Waals surface area contributed by atoms with Gasteiger partial charge in [0.25, 0.3) is 10.0 Å². The van der Waals surface area contributed by atoms with Crippen LogP contribution >= 0.6 is 0 Å². The molecule has 1 aromatic rings. The highest BCUT2D eigenvalue weighted by molar-refractivity contribution is 7.89. The Morgan fingerprint density at radius 3 is 2.25 bits per heavy atom. The number of hydrogen-bond donors (Lipinski definition) is 2. The molecule has 0 atom stereocenters. The molecule has 0 saturated carbocycles. The van der Waals surface area contributed by atoms with E-state index in [0.717, 1.165) is 6.42 Å². The molecule has 1 aromatic carbocycles. The molecular weight excluding hydrogens is 226 g/mol. The Labute approximate surface area is 95.9 Å². The van der Waals surface area contributed by atoms with Crippen molar-refractivity contribution >= 4 is 10.0 Å². The molecular formula is C10H15N3O2S. The topological polar surface area (TPSA) is 96.0 Å². The van der Waals surface area contributed by atoms with Gasteiger partial charge in [-0.25, -0.2) is 8.42 Å². The summed E-state index contributed by atoms with van der Waals surface area (Å²) in [5, 5.41) is 7.82. The number of sulfonamides is 1. The van der Waals surface area contributed by atoms with Crippen molar-refractivity contribution in [2.24, 2.45) is 5.84 Å². The first-order chi connectivity index (χ1) is 7.58. The average Bonchev–Trinajstić information content (AvgIpc) is 2.32. The van der Waals surface area contributed by atoms with Gasteiger partial charge in [0.15, 0.2) is 0 Å². The normalized spacial score (nSPS) is 9.81. The summed E-state index contributed by atoms with van der Waals surface area (Å²) in [6.07, 6.45) is 1.68. The number of nitriles is 1. The molecule has 0 bridgehead atoms. The van der Waals surface area contributed by atoms with Crippen LogP contribution in [-0.4, -0.2) is 8.42 Å². The van der Waals surface area contributed by atoms with E-state index in [2.05, 4.69) is 0 Å². The minimum absolute atomic E-state index is 0.169. The van der Waals surface area contributed by atoms with E-state index in [-0.39, 0.29) is 4.90 Å². The highest BCUT2D eigenvalue weighted by atomic mass is 32.2.